The summed E-state index contributed by atoms with van der Waals surface area (Å²) in [6, 6.07) is 0.810. The van der Waals surface area contributed by atoms with Crippen LogP contribution in [-0.2, 0) is 4.74 Å². The van der Waals surface area contributed by atoms with E-state index in [0.29, 0.717) is 6.04 Å². The van der Waals surface area contributed by atoms with E-state index in [1.807, 2.05) is 27.7 Å². The van der Waals surface area contributed by atoms with Crippen LogP contribution < -0.4 is 10.6 Å². The number of hydrogen-bond donors (Lipinski definition) is 2. The minimum Gasteiger partial charge on any atom is -0.444 e. The topological polar surface area (TPSA) is 50.4 Å². The zero-order valence-electron chi connectivity index (χ0n) is 11.5. The van der Waals surface area contributed by atoms with Crippen LogP contribution in [0.3, 0.4) is 0 Å². The summed E-state index contributed by atoms with van der Waals surface area (Å²) in [6.45, 7) is 8.79. The molecule has 1 heterocycles. The Morgan fingerprint density at radius 1 is 1.53 bits per heavy atom. The van der Waals surface area contributed by atoms with Gasteiger partial charge in [-0.25, -0.2) is 4.79 Å². The van der Waals surface area contributed by atoms with Gasteiger partial charge in [-0.3, -0.25) is 0 Å². The van der Waals surface area contributed by atoms with Gasteiger partial charge in [0.25, 0.3) is 0 Å². The highest BCUT2D eigenvalue weighted by atomic mass is 16.6. The standard InChI is InChI=1S/C13H26N2O2/c1-10(7-8-11-6-5-9-14-11)15-12(16)17-13(2,3)4/h10-11,14H,5-9H2,1-4H3,(H,15,16). The van der Waals surface area contributed by atoms with Crippen molar-refractivity contribution in [2.45, 2.75) is 71.1 Å². The van der Waals surface area contributed by atoms with Gasteiger partial charge in [-0.05, 0) is 59.9 Å². The van der Waals surface area contributed by atoms with Gasteiger partial charge in [0.05, 0.1) is 0 Å². The zero-order valence-corrected chi connectivity index (χ0v) is 11.5. The Morgan fingerprint density at radius 3 is 2.76 bits per heavy atom. The molecule has 1 amide bonds. The molecule has 17 heavy (non-hydrogen) atoms. The fourth-order valence-electron chi connectivity index (χ4n) is 2.04. The van der Waals surface area contributed by atoms with Crippen molar-refractivity contribution in [3.63, 3.8) is 0 Å². The van der Waals surface area contributed by atoms with E-state index in [4.69, 9.17) is 4.74 Å². The summed E-state index contributed by atoms with van der Waals surface area (Å²) < 4.78 is 5.21. The molecule has 1 saturated heterocycles. The lowest BCUT2D eigenvalue weighted by atomic mass is 10.1. The van der Waals surface area contributed by atoms with Gasteiger partial charge in [0.2, 0.25) is 0 Å². The van der Waals surface area contributed by atoms with Gasteiger partial charge in [0.15, 0.2) is 0 Å². The zero-order chi connectivity index (χ0) is 12.9. The van der Waals surface area contributed by atoms with Gasteiger partial charge in [0.1, 0.15) is 5.60 Å². The molecule has 2 atom stereocenters. The SMILES string of the molecule is CC(CCC1CCCN1)NC(=O)OC(C)(C)C. The predicted molar refractivity (Wildman–Crippen MR) is 69.1 cm³/mol. The molecule has 0 aliphatic carbocycles. The molecule has 0 radical (unpaired) electrons. The number of carbonyl (C=O) groups is 1. The van der Waals surface area contributed by atoms with Crippen molar-refractivity contribution in [3.8, 4) is 0 Å². The minimum atomic E-state index is -0.420. The Balaban J connectivity index is 2.15. The van der Waals surface area contributed by atoms with Gasteiger partial charge in [-0.1, -0.05) is 0 Å². The van der Waals surface area contributed by atoms with Crippen molar-refractivity contribution in [3.05, 3.63) is 0 Å². The quantitative estimate of drug-likeness (QED) is 0.796. The van der Waals surface area contributed by atoms with E-state index in [2.05, 4.69) is 10.6 Å². The van der Waals surface area contributed by atoms with Crippen LogP contribution in [-0.4, -0.2) is 30.3 Å². The molecule has 0 aromatic rings. The van der Waals surface area contributed by atoms with Crippen LogP contribution in [0.2, 0.25) is 0 Å². The highest BCUT2D eigenvalue weighted by Gasteiger charge is 2.19. The van der Waals surface area contributed by atoms with Crippen LogP contribution in [0.15, 0.2) is 0 Å². The number of rotatable bonds is 4. The molecule has 0 aromatic carbocycles. The molecule has 1 fully saturated rings. The molecular formula is C13H26N2O2. The first kappa shape index (κ1) is 14.3. The Kier molecular flexibility index (Phi) is 5.25. The Labute approximate surface area is 104 Å². The van der Waals surface area contributed by atoms with E-state index >= 15 is 0 Å². The third kappa shape index (κ3) is 6.51. The van der Waals surface area contributed by atoms with E-state index in [1.165, 1.54) is 12.8 Å². The largest absolute Gasteiger partial charge is 0.444 e. The molecule has 2 N–H and O–H groups in total. The molecule has 100 valence electrons. The lowest BCUT2D eigenvalue weighted by Crippen LogP contribution is -2.38. The lowest BCUT2D eigenvalue weighted by Gasteiger charge is -2.22. The smallest absolute Gasteiger partial charge is 0.407 e. The molecule has 1 aliphatic heterocycles. The molecule has 4 nitrogen and oxygen atoms in total. The van der Waals surface area contributed by atoms with Crippen molar-refractivity contribution < 1.29 is 9.53 Å². The summed E-state index contributed by atoms with van der Waals surface area (Å²) in [6.07, 6.45) is 4.34. The molecule has 0 spiro atoms. The minimum absolute atomic E-state index is 0.173. The van der Waals surface area contributed by atoms with Crippen LogP contribution in [0, 0.1) is 0 Å². The predicted octanol–water partition coefficient (Wildman–Crippen LogP) is 2.43. The van der Waals surface area contributed by atoms with Crippen molar-refractivity contribution in [1.82, 2.24) is 10.6 Å². The third-order valence-corrected chi connectivity index (χ3v) is 2.87. The number of nitrogens with one attached hydrogen (secondary N) is 2. The summed E-state index contributed by atoms with van der Waals surface area (Å²) in [7, 11) is 0. The third-order valence-electron chi connectivity index (χ3n) is 2.87. The van der Waals surface area contributed by atoms with Crippen LogP contribution in [0.25, 0.3) is 0 Å². The monoisotopic (exact) mass is 242 g/mol. The molecule has 0 saturated carbocycles. The van der Waals surface area contributed by atoms with Gasteiger partial charge in [-0.15, -0.1) is 0 Å². The van der Waals surface area contributed by atoms with E-state index in [9.17, 15) is 4.79 Å². The van der Waals surface area contributed by atoms with Crippen molar-refractivity contribution in [2.24, 2.45) is 0 Å². The second kappa shape index (κ2) is 6.24. The molecule has 1 rings (SSSR count). The summed E-state index contributed by atoms with van der Waals surface area (Å²) in [5, 5.41) is 6.33. The first-order chi connectivity index (χ1) is 7.87. The number of hydrogen-bond acceptors (Lipinski definition) is 3. The Bertz CT molecular complexity index is 242. The molecule has 4 heteroatoms. The molecule has 0 bridgehead atoms. The van der Waals surface area contributed by atoms with Gasteiger partial charge in [-0.2, -0.15) is 0 Å². The summed E-state index contributed by atoms with van der Waals surface area (Å²) >= 11 is 0. The van der Waals surface area contributed by atoms with Crippen LogP contribution in [0.4, 0.5) is 4.79 Å². The maximum absolute atomic E-state index is 11.5. The fraction of sp³-hybridized carbons (Fsp3) is 0.923. The second-order valence-corrected chi connectivity index (χ2v) is 5.92. The highest BCUT2D eigenvalue weighted by Crippen LogP contribution is 2.12. The van der Waals surface area contributed by atoms with Crippen LogP contribution in [0.5, 0.6) is 0 Å². The average molecular weight is 242 g/mol. The molecular weight excluding hydrogens is 216 g/mol. The maximum Gasteiger partial charge on any atom is 0.407 e. The van der Waals surface area contributed by atoms with Crippen LogP contribution in [0.1, 0.15) is 53.4 Å². The molecule has 2 unspecified atom stereocenters. The lowest BCUT2D eigenvalue weighted by molar-refractivity contribution is 0.0505. The average Bonchev–Trinajstić information content (AvgIpc) is 2.63. The summed E-state index contributed by atoms with van der Waals surface area (Å²) in [5.74, 6) is 0. The number of alkyl carbamates (subject to hydrolysis) is 1. The van der Waals surface area contributed by atoms with Crippen molar-refractivity contribution in [2.75, 3.05) is 6.54 Å². The van der Waals surface area contributed by atoms with Crippen LogP contribution >= 0.6 is 0 Å². The maximum atomic E-state index is 11.5. The number of amides is 1. The van der Waals surface area contributed by atoms with Gasteiger partial charge < -0.3 is 15.4 Å². The fourth-order valence-corrected chi connectivity index (χ4v) is 2.04. The Hall–Kier alpha value is -0.770. The van der Waals surface area contributed by atoms with E-state index in [0.717, 1.165) is 19.4 Å². The molecule has 1 aliphatic rings. The number of ether oxygens (including phenoxy) is 1. The van der Waals surface area contributed by atoms with E-state index in [1.54, 1.807) is 0 Å². The van der Waals surface area contributed by atoms with Gasteiger partial charge >= 0.3 is 6.09 Å². The first-order valence-corrected chi connectivity index (χ1v) is 6.60. The highest BCUT2D eigenvalue weighted by molar-refractivity contribution is 5.67. The van der Waals surface area contributed by atoms with E-state index < -0.39 is 5.60 Å². The van der Waals surface area contributed by atoms with Crippen molar-refractivity contribution in [1.29, 1.82) is 0 Å². The summed E-state index contributed by atoms with van der Waals surface area (Å²) in [5.41, 5.74) is -0.420. The molecule has 0 aromatic heterocycles. The van der Waals surface area contributed by atoms with E-state index in [-0.39, 0.29) is 12.1 Å². The number of carbonyl (C=O) groups excluding carboxylic acids is 1. The normalized spacial score (nSPS) is 22.2. The van der Waals surface area contributed by atoms with Crippen molar-refractivity contribution >= 4 is 6.09 Å². The second-order valence-electron chi connectivity index (χ2n) is 5.92. The van der Waals surface area contributed by atoms with Gasteiger partial charge in [0, 0.05) is 12.1 Å². The first-order valence-electron chi connectivity index (χ1n) is 6.60. The Morgan fingerprint density at radius 2 is 2.24 bits per heavy atom. The summed E-state index contributed by atoms with van der Waals surface area (Å²) in [4.78, 5) is 11.5.